The van der Waals surface area contributed by atoms with E-state index in [1.54, 1.807) is 11.3 Å². The average Bonchev–Trinajstić information content (AvgIpc) is 2.88. The molecule has 0 unspecified atom stereocenters. The molecule has 1 aliphatic carbocycles. The molecule has 0 amide bonds. The van der Waals surface area contributed by atoms with Gasteiger partial charge in [0.15, 0.2) is 5.13 Å². The van der Waals surface area contributed by atoms with Gasteiger partial charge in [-0.05, 0) is 25.7 Å². The number of hydrogen-bond donors (Lipinski definition) is 1. The number of nitrogens with two attached hydrogens (primary N) is 1. The number of ether oxygens (including phenoxy) is 1. The lowest BCUT2D eigenvalue weighted by atomic mass is 9.97. The predicted octanol–water partition coefficient (Wildman–Crippen LogP) is 3.46. The summed E-state index contributed by atoms with van der Waals surface area (Å²) in [5.74, 6) is 0. The highest BCUT2D eigenvalue weighted by molar-refractivity contribution is 7.15. The quantitative estimate of drug-likeness (QED) is 0.918. The Morgan fingerprint density at radius 2 is 1.81 bits per heavy atom. The van der Waals surface area contributed by atoms with Crippen LogP contribution < -0.4 is 5.73 Å². The molecule has 1 aliphatic heterocycles. The molecule has 4 nitrogen and oxygen atoms in total. The summed E-state index contributed by atoms with van der Waals surface area (Å²) in [6, 6.07) is 0. The topological polar surface area (TPSA) is 51.4 Å². The number of piperidine rings is 1. The molecule has 1 saturated carbocycles. The van der Waals surface area contributed by atoms with Gasteiger partial charge in [-0.15, -0.1) is 23.7 Å². The van der Waals surface area contributed by atoms with Crippen LogP contribution in [0.2, 0.25) is 0 Å². The van der Waals surface area contributed by atoms with E-state index in [1.807, 2.05) is 6.20 Å². The van der Waals surface area contributed by atoms with Crippen LogP contribution in [0, 0.1) is 0 Å². The molecule has 0 atom stereocenters. The van der Waals surface area contributed by atoms with Gasteiger partial charge in [-0.3, -0.25) is 4.90 Å². The van der Waals surface area contributed by atoms with Gasteiger partial charge in [0, 0.05) is 30.7 Å². The third-order valence-corrected chi connectivity index (χ3v) is 5.23. The van der Waals surface area contributed by atoms with E-state index in [0.29, 0.717) is 17.3 Å². The maximum atomic E-state index is 6.28. The Labute approximate surface area is 137 Å². The first-order valence-electron chi connectivity index (χ1n) is 7.87. The third kappa shape index (κ3) is 5.09. The van der Waals surface area contributed by atoms with Crippen molar-refractivity contribution >= 4 is 28.9 Å². The first-order chi connectivity index (χ1) is 9.79. The van der Waals surface area contributed by atoms with E-state index in [4.69, 9.17) is 10.5 Å². The van der Waals surface area contributed by atoms with Crippen LogP contribution in [0.3, 0.4) is 0 Å². The Kier molecular flexibility index (Phi) is 6.74. The molecule has 0 radical (unpaired) electrons. The predicted molar refractivity (Wildman–Crippen MR) is 90.0 cm³/mol. The van der Waals surface area contributed by atoms with Crippen LogP contribution in [0.1, 0.15) is 49.8 Å². The normalized spacial score (nSPS) is 22.1. The molecule has 0 spiro atoms. The Bertz CT molecular complexity index is 415. The highest BCUT2D eigenvalue weighted by Gasteiger charge is 2.24. The standard InChI is InChI=1S/C15H25N3OS.ClH/c16-15-17-10-14(20-15)11-18-8-6-13(7-9-18)19-12-4-2-1-3-5-12;/h10,12-13H,1-9,11H2,(H2,16,17);1H. The summed E-state index contributed by atoms with van der Waals surface area (Å²) in [6.07, 6.45) is 12.0. The van der Waals surface area contributed by atoms with Gasteiger partial charge in [0.25, 0.3) is 0 Å². The minimum Gasteiger partial charge on any atom is -0.375 e. The van der Waals surface area contributed by atoms with Crippen molar-refractivity contribution in [3.63, 3.8) is 0 Å². The van der Waals surface area contributed by atoms with Crippen molar-refractivity contribution in [2.75, 3.05) is 18.8 Å². The minimum atomic E-state index is 0. The van der Waals surface area contributed by atoms with Gasteiger partial charge in [-0.2, -0.15) is 0 Å². The summed E-state index contributed by atoms with van der Waals surface area (Å²) in [5.41, 5.74) is 5.68. The number of nitrogens with zero attached hydrogens (tertiary/aromatic N) is 2. The number of anilines is 1. The van der Waals surface area contributed by atoms with Crippen LogP contribution in [-0.4, -0.2) is 35.2 Å². The van der Waals surface area contributed by atoms with E-state index in [0.717, 1.165) is 19.6 Å². The van der Waals surface area contributed by atoms with Crippen LogP contribution in [0.5, 0.6) is 0 Å². The van der Waals surface area contributed by atoms with Crippen molar-refractivity contribution in [1.82, 2.24) is 9.88 Å². The maximum absolute atomic E-state index is 6.28. The van der Waals surface area contributed by atoms with Gasteiger partial charge in [0.05, 0.1) is 12.2 Å². The summed E-state index contributed by atoms with van der Waals surface area (Å²) in [6.45, 7) is 3.26. The van der Waals surface area contributed by atoms with E-state index in [9.17, 15) is 0 Å². The number of hydrogen-bond acceptors (Lipinski definition) is 5. The van der Waals surface area contributed by atoms with E-state index in [2.05, 4.69) is 9.88 Å². The van der Waals surface area contributed by atoms with Crippen LogP contribution in [-0.2, 0) is 11.3 Å². The Morgan fingerprint density at radius 3 is 2.43 bits per heavy atom. The molecule has 120 valence electrons. The lowest BCUT2D eigenvalue weighted by Gasteiger charge is -2.34. The first-order valence-corrected chi connectivity index (χ1v) is 8.69. The molecule has 6 heteroatoms. The zero-order valence-corrected chi connectivity index (χ0v) is 14.1. The fourth-order valence-corrected chi connectivity index (χ4v) is 4.02. The van der Waals surface area contributed by atoms with E-state index >= 15 is 0 Å². The number of aromatic nitrogens is 1. The SMILES string of the molecule is Cl.Nc1ncc(CN2CCC(OC3CCCCC3)CC2)s1. The molecule has 1 aromatic heterocycles. The molecule has 2 aliphatic rings. The smallest absolute Gasteiger partial charge is 0.180 e. The van der Waals surface area contributed by atoms with Crippen molar-refractivity contribution in [1.29, 1.82) is 0 Å². The number of halogens is 1. The Hall–Kier alpha value is -0.360. The minimum absolute atomic E-state index is 0. The molecule has 21 heavy (non-hydrogen) atoms. The van der Waals surface area contributed by atoms with Gasteiger partial charge < -0.3 is 10.5 Å². The molecule has 3 rings (SSSR count). The summed E-state index contributed by atoms with van der Waals surface area (Å²) in [5, 5.41) is 0.676. The highest BCUT2D eigenvalue weighted by Crippen LogP contribution is 2.25. The number of rotatable bonds is 4. The van der Waals surface area contributed by atoms with Crippen LogP contribution in [0.15, 0.2) is 6.20 Å². The lowest BCUT2D eigenvalue weighted by molar-refractivity contribution is -0.0564. The van der Waals surface area contributed by atoms with Crippen molar-refractivity contribution in [2.24, 2.45) is 0 Å². The second-order valence-electron chi connectivity index (χ2n) is 6.04. The summed E-state index contributed by atoms with van der Waals surface area (Å²) in [4.78, 5) is 7.89. The monoisotopic (exact) mass is 331 g/mol. The molecule has 0 aromatic carbocycles. The molecule has 1 aromatic rings. The summed E-state index contributed by atoms with van der Waals surface area (Å²) in [7, 11) is 0. The fraction of sp³-hybridized carbons (Fsp3) is 0.800. The molecule has 2 fully saturated rings. The fourth-order valence-electron chi connectivity index (χ4n) is 3.29. The average molecular weight is 332 g/mol. The zero-order chi connectivity index (χ0) is 13.8. The highest BCUT2D eigenvalue weighted by atomic mass is 35.5. The van der Waals surface area contributed by atoms with E-state index in [-0.39, 0.29) is 12.4 Å². The second kappa shape index (κ2) is 8.32. The van der Waals surface area contributed by atoms with E-state index < -0.39 is 0 Å². The van der Waals surface area contributed by atoms with Gasteiger partial charge in [0.1, 0.15) is 0 Å². The zero-order valence-electron chi connectivity index (χ0n) is 12.5. The van der Waals surface area contributed by atoms with Gasteiger partial charge >= 0.3 is 0 Å². The molecule has 2 heterocycles. The number of thiazole rings is 1. The first kappa shape index (κ1) is 17.0. The molecule has 2 N–H and O–H groups in total. The Balaban J connectivity index is 0.00000161. The third-order valence-electron chi connectivity index (χ3n) is 4.42. The maximum Gasteiger partial charge on any atom is 0.180 e. The summed E-state index contributed by atoms with van der Waals surface area (Å²) >= 11 is 1.60. The number of likely N-dealkylation sites (tertiary alicyclic amines) is 1. The van der Waals surface area contributed by atoms with Gasteiger partial charge in [-0.25, -0.2) is 4.98 Å². The Morgan fingerprint density at radius 1 is 1.14 bits per heavy atom. The van der Waals surface area contributed by atoms with Crippen molar-refractivity contribution in [3.05, 3.63) is 11.1 Å². The molecule has 1 saturated heterocycles. The van der Waals surface area contributed by atoms with Crippen molar-refractivity contribution in [2.45, 2.75) is 63.7 Å². The van der Waals surface area contributed by atoms with Crippen LogP contribution in [0.4, 0.5) is 5.13 Å². The molecular formula is C15H26ClN3OS. The largest absolute Gasteiger partial charge is 0.375 e. The van der Waals surface area contributed by atoms with Crippen LogP contribution in [0.25, 0.3) is 0 Å². The van der Waals surface area contributed by atoms with Gasteiger partial charge in [-0.1, -0.05) is 19.3 Å². The van der Waals surface area contributed by atoms with E-state index in [1.165, 1.54) is 49.8 Å². The molecular weight excluding hydrogens is 306 g/mol. The second-order valence-corrected chi connectivity index (χ2v) is 7.18. The van der Waals surface area contributed by atoms with Gasteiger partial charge in [0.2, 0.25) is 0 Å². The number of nitrogen functional groups attached to an aromatic ring is 1. The lowest BCUT2D eigenvalue weighted by Crippen LogP contribution is -2.38. The van der Waals surface area contributed by atoms with Crippen molar-refractivity contribution in [3.8, 4) is 0 Å². The van der Waals surface area contributed by atoms with Crippen molar-refractivity contribution < 1.29 is 4.74 Å². The van der Waals surface area contributed by atoms with Crippen LogP contribution >= 0.6 is 23.7 Å². The molecule has 0 bridgehead atoms. The summed E-state index contributed by atoms with van der Waals surface area (Å²) < 4.78 is 6.28.